The highest BCUT2D eigenvalue weighted by atomic mass is 32.1. The fourth-order valence-corrected chi connectivity index (χ4v) is 4.51. The number of fused-ring (bicyclic) bond motifs is 1. The zero-order valence-corrected chi connectivity index (χ0v) is 18.7. The summed E-state index contributed by atoms with van der Waals surface area (Å²) in [7, 11) is 2.63. The predicted octanol–water partition coefficient (Wildman–Crippen LogP) is 4.05. The van der Waals surface area contributed by atoms with E-state index in [1.54, 1.807) is 6.07 Å². The highest BCUT2D eigenvalue weighted by Crippen LogP contribution is 2.39. The summed E-state index contributed by atoms with van der Waals surface area (Å²) in [6.07, 6.45) is -0.279. The number of rotatable bonds is 7. The number of halogens is 2. The van der Waals surface area contributed by atoms with E-state index in [2.05, 4.69) is 0 Å². The van der Waals surface area contributed by atoms with Crippen LogP contribution in [-0.2, 0) is 17.8 Å². The lowest BCUT2D eigenvalue weighted by Crippen LogP contribution is -2.43. The Kier molecular flexibility index (Phi) is 6.20. The number of carbonyl (C=O) groups is 3. The van der Waals surface area contributed by atoms with Gasteiger partial charge in [0.1, 0.15) is 23.1 Å². The van der Waals surface area contributed by atoms with Crippen molar-refractivity contribution in [2.45, 2.75) is 13.0 Å². The maximum Gasteiger partial charge on any atom is 0.346 e. The molecule has 0 spiro atoms. The lowest BCUT2D eigenvalue weighted by atomic mass is 10.0. The summed E-state index contributed by atoms with van der Waals surface area (Å²) in [5.74, 6) is -4.48. The Morgan fingerprint density at radius 1 is 1.09 bits per heavy atom. The molecule has 0 bridgehead atoms. The van der Waals surface area contributed by atoms with Crippen molar-refractivity contribution in [1.82, 2.24) is 0 Å². The zero-order valence-electron chi connectivity index (χ0n) is 17.9. The molecule has 0 saturated heterocycles. The average Bonchev–Trinajstić information content (AvgIpc) is 3.23. The van der Waals surface area contributed by atoms with Crippen LogP contribution in [-0.4, -0.2) is 37.1 Å². The number of thiophene rings is 1. The fourth-order valence-electron chi connectivity index (χ4n) is 3.61. The zero-order chi connectivity index (χ0) is 24.6. The first-order valence-corrected chi connectivity index (χ1v) is 10.7. The normalized spacial score (nSPS) is 13.0. The number of imide groups is 1. The Bertz CT molecular complexity index is 1320. The number of nitrogens with zero attached hydrogens (tertiary/aromatic N) is 1. The SMILES string of the molecule is COc1cc(F)c(N2C(=O)Cc3csc(C(=O)O)c3C2=O)cc1OCc1c(F)cccc1OC. The van der Waals surface area contributed by atoms with E-state index < -0.39 is 35.1 Å². The molecule has 2 amide bonds. The van der Waals surface area contributed by atoms with Crippen LogP contribution < -0.4 is 19.1 Å². The minimum atomic E-state index is -1.33. The van der Waals surface area contributed by atoms with Crippen molar-refractivity contribution in [2.24, 2.45) is 0 Å². The Morgan fingerprint density at radius 2 is 1.82 bits per heavy atom. The van der Waals surface area contributed by atoms with Gasteiger partial charge in [0.15, 0.2) is 17.3 Å². The highest BCUT2D eigenvalue weighted by Gasteiger charge is 2.38. The van der Waals surface area contributed by atoms with E-state index in [0.717, 1.165) is 23.5 Å². The Hall–Kier alpha value is -3.99. The first kappa shape index (κ1) is 23.2. The monoisotopic (exact) mass is 489 g/mol. The van der Waals surface area contributed by atoms with E-state index >= 15 is 0 Å². The van der Waals surface area contributed by atoms with Gasteiger partial charge in [-0.15, -0.1) is 11.3 Å². The molecule has 1 aromatic heterocycles. The molecule has 8 nitrogen and oxygen atoms in total. The lowest BCUT2D eigenvalue weighted by Gasteiger charge is -2.26. The van der Waals surface area contributed by atoms with Crippen LogP contribution in [0.4, 0.5) is 14.5 Å². The molecule has 2 heterocycles. The van der Waals surface area contributed by atoms with Crippen LogP contribution in [0.3, 0.4) is 0 Å². The summed E-state index contributed by atoms with van der Waals surface area (Å²) < 4.78 is 45.2. The molecule has 1 aliphatic rings. The first-order chi connectivity index (χ1) is 16.3. The Morgan fingerprint density at radius 3 is 2.50 bits per heavy atom. The summed E-state index contributed by atoms with van der Waals surface area (Å²) in [4.78, 5) is 37.7. The number of aromatic carboxylic acids is 1. The number of methoxy groups -OCH3 is 2. The summed E-state index contributed by atoms with van der Waals surface area (Å²) in [5.41, 5.74) is -0.242. The van der Waals surface area contributed by atoms with Crippen molar-refractivity contribution in [2.75, 3.05) is 19.1 Å². The third-order valence-corrected chi connectivity index (χ3v) is 6.23. The lowest BCUT2D eigenvalue weighted by molar-refractivity contribution is -0.117. The van der Waals surface area contributed by atoms with Crippen LogP contribution in [0.25, 0.3) is 0 Å². The summed E-state index contributed by atoms with van der Waals surface area (Å²) >= 11 is 0.815. The van der Waals surface area contributed by atoms with E-state index in [-0.39, 0.29) is 51.8 Å². The number of benzene rings is 2. The van der Waals surface area contributed by atoms with Gasteiger partial charge in [-0.05, 0) is 23.1 Å². The van der Waals surface area contributed by atoms with Gasteiger partial charge in [-0.2, -0.15) is 0 Å². The quantitative estimate of drug-likeness (QED) is 0.500. The molecule has 3 aromatic rings. The van der Waals surface area contributed by atoms with Gasteiger partial charge >= 0.3 is 5.97 Å². The Balaban J connectivity index is 1.73. The van der Waals surface area contributed by atoms with Gasteiger partial charge in [0.25, 0.3) is 5.91 Å². The molecule has 2 aromatic carbocycles. The molecule has 176 valence electrons. The van der Waals surface area contributed by atoms with Crippen LogP contribution >= 0.6 is 11.3 Å². The highest BCUT2D eigenvalue weighted by molar-refractivity contribution is 7.12. The minimum Gasteiger partial charge on any atom is -0.496 e. The van der Waals surface area contributed by atoms with Crippen LogP contribution in [0.5, 0.6) is 17.2 Å². The molecule has 0 radical (unpaired) electrons. The molecule has 4 rings (SSSR count). The van der Waals surface area contributed by atoms with Gasteiger partial charge in [0.05, 0.1) is 37.5 Å². The second kappa shape index (κ2) is 9.10. The number of carboxylic acid groups (broad SMARTS) is 1. The van der Waals surface area contributed by atoms with Crippen molar-refractivity contribution in [3.05, 3.63) is 68.9 Å². The molecular weight excluding hydrogens is 472 g/mol. The van der Waals surface area contributed by atoms with Gasteiger partial charge in [-0.25, -0.2) is 18.5 Å². The van der Waals surface area contributed by atoms with E-state index in [9.17, 15) is 28.3 Å². The number of ether oxygens (including phenoxy) is 3. The van der Waals surface area contributed by atoms with Crippen LogP contribution in [0.2, 0.25) is 0 Å². The van der Waals surface area contributed by atoms with Crippen molar-refractivity contribution in [3.63, 3.8) is 0 Å². The van der Waals surface area contributed by atoms with Gasteiger partial charge < -0.3 is 19.3 Å². The second-order valence-corrected chi connectivity index (χ2v) is 8.02. The minimum absolute atomic E-state index is 0.0593. The number of hydrogen-bond acceptors (Lipinski definition) is 7. The molecule has 1 N–H and O–H groups in total. The van der Waals surface area contributed by atoms with Crippen molar-refractivity contribution in [1.29, 1.82) is 0 Å². The smallest absolute Gasteiger partial charge is 0.346 e. The molecule has 0 atom stereocenters. The van der Waals surface area contributed by atoms with Crippen molar-refractivity contribution < 1.29 is 42.5 Å². The Labute approximate surface area is 195 Å². The third-order valence-electron chi connectivity index (χ3n) is 5.21. The second-order valence-electron chi connectivity index (χ2n) is 7.15. The van der Waals surface area contributed by atoms with Gasteiger partial charge in [-0.1, -0.05) is 6.07 Å². The number of amides is 2. The van der Waals surface area contributed by atoms with Crippen molar-refractivity contribution >= 4 is 34.8 Å². The van der Waals surface area contributed by atoms with E-state index in [4.69, 9.17) is 14.2 Å². The molecule has 0 saturated carbocycles. The molecular formula is C23H17F2NO7S. The molecule has 34 heavy (non-hydrogen) atoms. The van der Waals surface area contributed by atoms with E-state index in [0.29, 0.717) is 4.90 Å². The number of hydrogen-bond donors (Lipinski definition) is 1. The molecule has 0 aliphatic carbocycles. The van der Waals surface area contributed by atoms with Gasteiger partial charge in [-0.3, -0.25) is 9.59 Å². The van der Waals surface area contributed by atoms with Crippen LogP contribution in [0, 0.1) is 11.6 Å². The van der Waals surface area contributed by atoms with E-state index in [1.807, 2.05) is 0 Å². The number of carboxylic acids is 1. The topological polar surface area (TPSA) is 102 Å². The fraction of sp³-hybridized carbons (Fsp3) is 0.174. The first-order valence-electron chi connectivity index (χ1n) is 9.79. The van der Waals surface area contributed by atoms with E-state index in [1.165, 1.54) is 31.7 Å². The van der Waals surface area contributed by atoms with Crippen molar-refractivity contribution in [3.8, 4) is 17.2 Å². The molecule has 0 fully saturated rings. The summed E-state index contributed by atoms with van der Waals surface area (Å²) in [6, 6.07) is 6.22. The molecule has 0 unspecified atom stereocenters. The maximum atomic E-state index is 15.0. The summed E-state index contributed by atoms with van der Waals surface area (Å²) in [6.45, 7) is -0.322. The largest absolute Gasteiger partial charge is 0.496 e. The predicted molar refractivity (Wildman–Crippen MR) is 117 cm³/mol. The maximum absolute atomic E-state index is 15.0. The standard InChI is InChI=1S/C23H17F2NO7S/c1-31-16-5-3-4-13(24)12(16)9-33-18-8-15(14(25)7-17(18)32-2)26-19(27)6-11-10-34-21(23(29)30)20(11)22(26)28/h3-5,7-8,10H,6,9H2,1-2H3,(H,29,30). The van der Waals surface area contributed by atoms with Gasteiger partial charge in [0, 0.05) is 12.1 Å². The van der Waals surface area contributed by atoms with Crippen LogP contribution in [0.1, 0.15) is 31.2 Å². The molecule has 11 heteroatoms. The molecule has 1 aliphatic heterocycles. The summed E-state index contributed by atoms with van der Waals surface area (Å²) in [5, 5.41) is 10.8. The average molecular weight is 489 g/mol. The number of carbonyl (C=O) groups excluding carboxylic acids is 2. The van der Waals surface area contributed by atoms with Gasteiger partial charge in [0.2, 0.25) is 5.91 Å². The van der Waals surface area contributed by atoms with Crippen LogP contribution in [0.15, 0.2) is 35.7 Å². The third kappa shape index (κ3) is 3.94. The number of anilines is 1.